The van der Waals surface area contributed by atoms with Crippen molar-refractivity contribution in [3.8, 4) is 5.69 Å². The summed E-state index contributed by atoms with van der Waals surface area (Å²) in [7, 11) is 0. The van der Waals surface area contributed by atoms with Gasteiger partial charge in [-0.25, -0.2) is 9.37 Å². The Hall–Kier alpha value is -1.16. The van der Waals surface area contributed by atoms with Crippen molar-refractivity contribution in [1.82, 2.24) is 9.55 Å². The first-order valence-electron chi connectivity index (χ1n) is 4.99. The molecule has 1 aromatic heterocycles. The molecule has 0 bridgehead atoms. The van der Waals surface area contributed by atoms with E-state index in [1.165, 1.54) is 6.07 Å². The summed E-state index contributed by atoms with van der Waals surface area (Å²) >= 11 is 3.37. The molecule has 1 heterocycles. The van der Waals surface area contributed by atoms with Crippen molar-refractivity contribution in [1.29, 1.82) is 0 Å². The molecular weight excluding hydrogens is 271 g/mol. The summed E-state index contributed by atoms with van der Waals surface area (Å²) in [5, 5.41) is 0.622. The second kappa shape index (κ2) is 4.37. The van der Waals surface area contributed by atoms with E-state index >= 15 is 0 Å². The van der Waals surface area contributed by atoms with Gasteiger partial charge >= 0.3 is 0 Å². The topological polar surface area (TPSA) is 17.8 Å². The van der Waals surface area contributed by atoms with Crippen LogP contribution in [0.5, 0.6) is 0 Å². The number of benzene rings is 1. The largest absolute Gasteiger partial charge is 0.303 e. The Balaban J connectivity index is 2.59. The van der Waals surface area contributed by atoms with Crippen LogP contribution in [0.3, 0.4) is 0 Å². The first-order valence-corrected chi connectivity index (χ1v) is 6.11. The molecule has 2 nitrogen and oxygen atoms in total. The molecule has 0 saturated heterocycles. The molecule has 0 atom stereocenters. The Morgan fingerprint density at radius 2 is 2.12 bits per heavy atom. The molecule has 84 valence electrons. The van der Waals surface area contributed by atoms with Crippen molar-refractivity contribution in [2.24, 2.45) is 0 Å². The quantitative estimate of drug-likeness (QED) is 0.771. The van der Waals surface area contributed by atoms with Crippen LogP contribution in [-0.2, 0) is 5.33 Å². The fourth-order valence-electron chi connectivity index (χ4n) is 1.64. The third-order valence-electron chi connectivity index (χ3n) is 2.70. The number of aryl methyl sites for hydroxylation is 1. The minimum Gasteiger partial charge on any atom is -0.303 e. The molecule has 0 aliphatic carbocycles. The lowest BCUT2D eigenvalue weighted by Crippen LogP contribution is -2.00. The summed E-state index contributed by atoms with van der Waals surface area (Å²) in [4.78, 5) is 4.24. The summed E-state index contributed by atoms with van der Waals surface area (Å²) < 4.78 is 15.1. The van der Waals surface area contributed by atoms with Crippen LogP contribution in [0.25, 0.3) is 5.69 Å². The molecule has 0 spiro atoms. The highest BCUT2D eigenvalue weighted by Crippen LogP contribution is 2.21. The molecule has 0 N–H and O–H groups in total. The molecule has 2 rings (SSSR count). The van der Waals surface area contributed by atoms with E-state index in [1.807, 2.05) is 18.4 Å². The summed E-state index contributed by atoms with van der Waals surface area (Å²) in [5.41, 5.74) is 3.95. The van der Waals surface area contributed by atoms with Crippen molar-refractivity contribution < 1.29 is 4.39 Å². The Morgan fingerprint density at radius 1 is 1.38 bits per heavy atom. The SMILES string of the molecule is Cc1ncn(-c2ccc(F)cc2CBr)c1C. The van der Waals surface area contributed by atoms with Crippen LogP contribution in [0, 0.1) is 19.7 Å². The molecule has 0 aliphatic rings. The first kappa shape index (κ1) is 11.3. The molecule has 4 heteroatoms. The molecular formula is C12H12BrFN2. The predicted octanol–water partition coefficient (Wildman–Crippen LogP) is 3.52. The van der Waals surface area contributed by atoms with E-state index in [1.54, 1.807) is 18.5 Å². The maximum atomic E-state index is 13.1. The third-order valence-corrected chi connectivity index (χ3v) is 3.30. The minimum atomic E-state index is -0.215. The Labute approximate surface area is 102 Å². The monoisotopic (exact) mass is 282 g/mol. The smallest absolute Gasteiger partial charge is 0.123 e. The number of halogens is 2. The number of aromatic nitrogens is 2. The van der Waals surface area contributed by atoms with E-state index in [0.29, 0.717) is 5.33 Å². The minimum absolute atomic E-state index is 0.215. The van der Waals surface area contributed by atoms with Gasteiger partial charge in [0.2, 0.25) is 0 Å². The number of imidazole rings is 1. The normalized spacial score (nSPS) is 10.8. The van der Waals surface area contributed by atoms with E-state index in [-0.39, 0.29) is 5.82 Å². The highest BCUT2D eigenvalue weighted by atomic mass is 79.9. The van der Waals surface area contributed by atoms with Crippen molar-refractivity contribution in [3.05, 3.63) is 47.3 Å². The molecule has 0 fully saturated rings. The van der Waals surface area contributed by atoms with Crippen LogP contribution in [0.1, 0.15) is 17.0 Å². The summed E-state index contributed by atoms with van der Waals surface area (Å²) in [6.45, 7) is 3.97. The van der Waals surface area contributed by atoms with Crippen molar-refractivity contribution in [3.63, 3.8) is 0 Å². The molecule has 0 unspecified atom stereocenters. The molecule has 1 aromatic carbocycles. The molecule has 0 saturated carbocycles. The van der Waals surface area contributed by atoms with Gasteiger partial charge < -0.3 is 4.57 Å². The molecule has 0 radical (unpaired) electrons. The Morgan fingerprint density at radius 3 is 2.69 bits per heavy atom. The van der Waals surface area contributed by atoms with Gasteiger partial charge in [0, 0.05) is 11.0 Å². The summed E-state index contributed by atoms with van der Waals surface area (Å²) in [5.74, 6) is -0.215. The van der Waals surface area contributed by atoms with Crippen LogP contribution in [0.15, 0.2) is 24.5 Å². The van der Waals surface area contributed by atoms with Gasteiger partial charge in [0.25, 0.3) is 0 Å². The van der Waals surface area contributed by atoms with E-state index in [9.17, 15) is 4.39 Å². The predicted molar refractivity (Wildman–Crippen MR) is 65.6 cm³/mol. The van der Waals surface area contributed by atoms with Gasteiger partial charge in [-0.2, -0.15) is 0 Å². The van der Waals surface area contributed by atoms with Gasteiger partial charge in [0.05, 0.1) is 17.7 Å². The van der Waals surface area contributed by atoms with Crippen molar-refractivity contribution >= 4 is 15.9 Å². The van der Waals surface area contributed by atoms with Gasteiger partial charge in [0.15, 0.2) is 0 Å². The zero-order valence-corrected chi connectivity index (χ0v) is 10.8. The average molecular weight is 283 g/mol. The molecule has 0 aliphatic heterocycles. The van der Waals surface area contributed by atoms with Crippen molar-refractivity contribution in [2.45, 2.75) is 19.2 Å². The second-order valence-corrected chi connectivity index (χ2v) is 4.25. The van der Waals surface area contributed by atoms with Crippen molar-refractivity contribution in [2.75, 3.05) is 0 Å². The first-order chi connectivity index (χ1) is 7.63. The highest BCUT2D eigenvalue weighted by Gasteiger charge is 2.09. The van der Waals surface area contributed by atoms with Gasteiger partial charge in [-0.05, 0) is 37.6 Å². The van der Waals surface area contributed by atoms with Gasteiger partial charge in [-0.15, -0.1) is 0 Å². The summed E-state index contributed by atoms with van der Waals surface area (Å²) in [6, 6.07) is 4.79. The fourth-order valence-corrected chi connectivity index (χ4v) is 2.09. The maximum Gasteiger partial charge on any atom is 0.123 e. The highest BCUT2D eigenvalue weighted by molar-refractivity contribution is 9.08. The van der Waals surface area contributed by atoms with E-state index in [4.69, 9.17) is 0 Å². The van der Waals surface area contributed by atoms with Crippen LogP contribution in [0.2, 0.25) is 0 Å². The second-order valence-electron chi connectivity index (χ2n) is 3.69. The number of alkyl halides is 1. The van der Waals surface area contributed by atoms with Crippen LogP contribution >= 0.6 is 15.9 Å². The lowest BCUT2D eigenvalue weighted by atomic mass is 10.2. The standard InChI is InChI=1S/C12H12BrFN2/c1-8-9(2)16(7-15-8)12-4-3-11(14)5-10(12)6-13/h3-5,7H,6H2,1-2H3. The summed E-state index contributed by atoms with van der Waals surface area (Å²) in [6.07, 6.45) is 1.77. The van der Waals surface area contributed by atoms with Crippen LogP contribution in [0.4, 0.5) is 4.39 Å². The van der Waals surface area contributed by atoms with Crippen LogP contribution < -0.4 is 0 Å². The van der Waals surface area contributed by atoms with Gasteiger partial charge in [-0.3, -0.25) is 0 Å². The lowest BCUT2D eigenvalue weighted by molar-refractivity contribution is 0.626. The average Bonchev–Trinajstić information content (AvgIpc) is 2.60. The maximum absolute atomic E-state index is 13.1. The van der Waals surface area contributed by atoms with E-state index in [2.05, 4.69) is 20.9 Å². The van der Waals surface area contributed by atoms with Crippen LogP contribution in [-0.4, -0.2) is 9.55 Å². The third kappa shape index (κ3) is 1.89. The zero-order valence-electron chi connectivity index (χ0n) is 9.17. The lowest BCUT2D eigenvalue weighted by Gasteiger charge is -2.10. The zero-order chi connectivity index (χ0) is 11.7. The van der Waals surface area contributed by atoms with E-state index in [0.717, 1.165) is 22.6 Å². The Bertz CT molecular complexity index is 520. The van der Waals surface area contributed by atoms with E-state index < -0.39 is 0 Å². The number of hydrogen-bond donors (Lipinski definition) is 0. The molecule has 16 heavy (non-hydrogen) atoms. The Kier molecular flexibility index (Phi) is 3.10. The van der Waals surface area contributed by atoms with Gasteiger partial charge in [-0.1, -0.05) is 15.9 Å². The number of nitrogens with zero attached hydrogens (tertiary/aromatic N) is 2. The van der Waals surface area contributed by atoms with Gasteiger partial charge in [0.1, 0.15) is 5.82 Å². The molecule has 2 aromatic rings. The fraction of sp³-hybridized carbons (Fsp3) is 0.250. The number of hydrogen-bond acceptors (Lipinski definition) is 1. The molecule has 0 amide bonds. The number of rotatable bonds is 2.